The maximum absolute atomic E-state index is 12.9. The Morgan fingerprint density at radius 1 is 1.23 bits per heavy atom. The summed E-state index contributed by atoms with van der Waals surface area (Å²) < 4.78 is 36.6. The van der Waals surface area contributed by atoms with Gasteiger partial charge in [0.2, 0.25) is 0 Å². The summed E-state index contributed by atoms with van der Waals surface area (Å²) in [7, 11) is -3.73. The van der Waals surface area contributed by atoms with Crippen LogP contribution in [-0.4, -0.2) is 38.1 Å². The van der Waals surface area contributed by atoms with Crippen LogP contribution in [-0.2, 0) is 14.6 Å². The van der Waals surface area contributed by atoms with Crippen molar-refractivity contribution in [3.05, 3.63) is 54.1 Å². The number of carbonyl (C=O) groups is 1. The minimum atomic E-state index is -3.73. The number of carboxylic acids is 1. The Kier molecular flexibility index (Phi) is 5.15. The van der Waals surface area contributed by atoms with Crippen molar-refractivity contribution in [1.29, 1.82) is 0 Å². The Balaban J connectivity index is 1.94. The highest BCUT2D eigenvalue weighted by Crippen LogP contribution is 2.43. The molecule has 1 aliphatic heterocycles. The van der Waals surface area contributed by atoms with E-state index in [9.17, 15) is 13.2 Å². The number of aliphatic carboxylic acids is 1. The highest BCUT2D eigenvalue weighted by atomic mass is 32.2. The molecule has 3 rings (SSSR count). The van der Waals surface area contributed by atoms with E-state index in [1.54, 1.807) is 36.4 Å². The number of para-hydroxylation sites is 1. The van der Waals surface area contributed by atoms with Crippen LogP contribution in [0.5, 0.6) is 11.5 Å². The van der Waals surface area contributed by atoms with E-state index in [2.05, 4.69) is 0 Å². The van der Waals surface area contributed by atoms with Gasteiger partial charge in [0.25, 0.3) is 0 Å². The molecular weight excluding hydrogens is 358 g/mol. The lowest BCUT2D eigenvalue weighted by molar-refractivity contribution is -0.139. The van der Waals surface area contributed by atoms with Gasteiger partial charge in [-0.3, -0.25) is 0 Å². The monoisotopic (exact) mass is 377 g/mol. The number of hydrogen-bond acceptors (Lipinski definition) is 6. The zero-order valence-electron chi connectivity index (χ0n) is 13.9. The highest BCUT2D eigenvalue weighted by Gasteiger charge is 2.36. The first kappa shape index (κ1) is 18.2. The minimum Gasteiger partial charge on any atom is -0.489 e. The molecular formula is C18H19NO6S. The maximum atomic E-state index is 12.9. The van der Waals surface area contributed by atoms with Crippen molar-refractivity contribution in [3.63, 3.8) is 0 Å². The fourth-order valence-corrected chi connectivity index (χ4v) is 4.57. The van der Waals surface area contributed by atoms with Crippen LogP contribution in [0.4, 0.5) is 0 Å². The number of rotatable bonds is 6. The molecule has 1 heterocycles. The third-order valence-corrected chi connectivity index (χ3v) is 6.24. The molecule has 0 bridgehead atoms. The van der Waals surface area contributed by atoms with Gasteiger partial charge >= 0.3 is 5.97 Å². The summed E-state index contributed by atoms with van der Waals surface area (Å²) in [5.41, 5.74) is 6.77. The first-order chi connectivity index (χ1) is 12.4. The van der Waals surface area contributed by atoms with Crippen molar-refractivity contribution in [2.45, 2.75) is 22.6 Å². The average Bonchev–Trinajstić information content (AvgIpc) is 2.65. The van der Waals surface area contributed by atoms with Crippen LogP contribution < -0.4 is 15.2 Å². The van der Waals surface area contributed by atoms with Crippen LogP contribution >= 0.6 is 0 Å². The molecule has 0 amide bonds. The molecule has 0 spiro atoms. The number of nitrogens with two attached hydrogens (primary N) is 1. The third-order valence-electron chi connectivity index (χ3n) is 4.26. The average molecular weight is 377 g/mol. The largest absolute Gasteiger partial charge is 0.489 e. The second kappa shape index (κ2) is 7.35. The van der Waals surface area contributed by atoms with Crippen LogP contribution in [0.3, 0.4) is 0 Å². The van der Waals surface area contributed by atoms with E-state index in [1.807, 2.05) is 0 Å². The Morgan fingerprint density at radius 2 is 1.96 bits per heavy atom. The molecule has 138 valence electrons. The van der Waals surface area contributed by atoms with Crippen LogP contribution in [0, 0.1) is 0 Å². The molecule has 3 N–H and O–H groups in total. The van der Waals surface area contributed by atoms with Gasteiger partial charge in [0.05, 0.1) is 11.5 Å². The zero-order valence-corrected chi connectivity index (χ0v) is 14.7. The summed E-state index contributed by atoms with van der Waals surface area (Å²) in [6.07, 6.45) is 0.433. The fourth-order valence-electron chi connectivity index (χ4n) is 3.00. The van der Waals surface area contributed by atoms with Gasteiger partial charge in [-0.15, -0.1) is 0 Å². The van der Waals surface area contributed by atoms with Crippen molar-refractivity contribution in [2.24, 2.45) is 5.73 Å². The molecule has 2 aromatic carbocycles. The number of benzene rings is 2. The van der Waals surface area contributed by atoms with Crippen molar-refractivity contribution < 1.29 is 27.8 Å². The molecule has 7 nitrogen and oxygen atoms in total. The first-order valence-electron chi connectivity index (χ1n) is 8.06. The molecule has 0 saturated carbocycles. The van der Waals surface area contributed by atoms with Crippen molar-refractivity contribution in [3.8, 4) is 11.5 Å². The molecule has 0 saturated heterocycles. The van der Waals surface area contributed by atoms with Gasteiger partial charge in [0.1, 0.15) is 5.37 Å². The Morgan fingerprint density at radius 3 is 2.65 bits per heavy atom. The second-order valence-electron chi connectivity index (χ2n) is 5.92. The van der Waals surface area contributed by atoms with Crippen LogP contribution in [0.25, 0.3) is 0 Å². The van der Waals surface area contributed by atoms with Gasteiger partial charge in [-0.2, -0.15) is 0 Å². The van der Waals surface area contributed by atoms with E-state index in [4.69, 9.17) is 20.3 Å². The van der Waals surface area contributed by atoms with Crippen LogP contribution in [0.15, 0.2) is 53.4 Å². The number of fused-ring (bicyclic) bond motifs is 1. The lowest BCUT2D eigenvalue weighted by Crippen LogP contribution is -2.39. The summed E-state index contributed by atoms with van der Waals surface area (Å²) in [6.45, 7) is -0.248. The van der Waals surface area contributed by atoms with E-state index in [0.717, 1.165) is 0 Å². The molecule has 8 heteroatoms. The number of ether oxygens (including phenoxy) is 2. The van der Waals surface area contributed by atoms with Crippen LogP contribution in [0.2, 0.25) is 0 Å². The van der Waals surface area contributed by atoms with E-state index in [1.165, 1.54) is 12.1 Å². The van der Waals surface area contributed by atoms with Gasteiger partial charge in [0.15, 0.2) is 27.9 Å². The first-order valence-corrected chi connectivity index (χ1v) is 9.60. The number of sulfone groups is 1. The summed E-state index contributed by atoms with van der Waals surface area (Å²) in [6, 6.07) is 13.0. The molecule has 0 aliphatic carbocycles. The summed E-state index contributed by atoms with van der Waals surface area (Å²) in [5.74, 6) is -0.988. The molecule has 0 aromatic heterocycles. The summed E-state index contributed by atoms with van der Waals surface area (Å²) in [5, 5.41) is 7.64. The van der Waals surface area contributed by atoms with E-state index < -0.39 is 33.7 Å². The summed E-state index contributed by atoms with van der Waals surface area (Å²) in [4.78, 5) is 10.9. The quantitative estimate of drug-likeness (QED) is 0.788. The zero-order chi connectivity index (χ0) is 18.7. The van der Waals surface area contributed by atoms with Gasteiger partial charge in [0, 0.05) is 11.5 Å². The molecule has 2 unspecified atom stereocenters. The molecule has 1 aliphatic rings. The Labute approximate surface area is 151 Å². The summed E-state index contributed by atoms with van der Waals surface area (Å²) >= 11 is 0. The number of carboxylic acid groups (broad SMARTS) is 1. The Bertz CT molecular complexity index is 897. The Hall–Kier alpha value is -2.58. The van der Waals surface area contributed by atoms with E-state index >= 15 is 0 Å². The lowest BCUT2D eigenvalue weighted by Gasteiger charge is -2.30. The smallest absolute Gasteiger partial charge is 0.341 e. The standard InChI is InChI=1S/C18H19NO6S/c19-18(26(22,23)12-5-2-1-3-6-12)14-9-10-24-17-13(14)7-4-8-15(17)25-11-16(20)21/h1-8,14,18H,9-11,19H2,(H,20,21). The van der Waals surface area contributed by atoms with Gasteiger partial charge in [-0.25, -0.2) is 13.2 Å². The predicted molar refractivity (Wildman–Crippen MR) is 94.0 cm³/mol. The molecule has 0 fully saturated rings. The highest BCUT2D eigenvalue weighted by molar-refractivity contribution is 7.92. The SMILES string of the molecule is NC(C1CCOc2c(OCC(=O)O)cccc21)S(=O)(=O)c1ccccc1. The lowest BCUT2D eigenvalue weighted by atomic mass is 9.92. The topological polar surface area (TPSA) is 116 Å². The van der Waals surface area contributed by atoms with E-state index in [-0.39, 0.29) is 17.3 Å². The maximum Gasteiger partial charge on any atom is 0.341 e. The van der Waals surface area contributed by atoms with Crippen LogP contribution in [0.1, 0.15) is 17.9 Å². The normalized spacial score (nSPS) is 17.7. The third kappa shape index (κ3) is 3.51. The number of hydrogen-bond donors (Lipinski definition) is 2. The molecule has 26 heavy (non-hydrogen) atoms. The van der Waals surface area contributed by atoms with Gasteiger partial charge < -0.3 is 20.3 Å². The molecule has 0 radical (unpaired) electrons. The van der Waals surface area contributed by atoms with E-state index in [0.29, 0.717) is 17.7 Å². The van der Waals surface area contributed by atoms with Crippen molar-refractivity contribution in [2.75, 3.05) is 13.2 Å². The van der Waals surface area contributed by atoms with Gasteiger partial charge in [-0.1, -0.05) is 30.3 Å². The van der Waals surface area contributed by atoms with Crippen molar-refractivity contribution in [1.82, 2.24) is 0 Å². The molecule has 2 aromatic rings. The molecule has 2 atom stereocenters. The second-order valence-corrected chi connectivity index (χ2v) is 8.03. The fraction of sp³-hybridized carbons (Fsp3) is 0.278. The predicted octanol–water partition coefficient (Wildman–Crippen LogP) is 1.77. The minimum absolute atomic E-state index is 0.166. The van der Waals surface area contributed by atoms with Crippen molar-refractivity contribution >= 4 is 15.8 Å². The van der Waals surface area contributed by atoms with Gasteiger partial charge in [-0.05, 0) is 24.6 Å².